The quantitative estimate of drug-likeness (QED) is 0.872. The van der Waals surface area contributed by atoms with E-state index in [1.54, 1.807) is 0 Å². The van der Waals surface area contributed by atoms with Crippen LogP contribution in [0.4, 0.5) is 0 Å². The lowest BCUT2D eigenvalue weighted by Gasteiger charge is -2.28. The number of aliphatic hydroxyl groups is 1. The zero-order valence-corrected chi connectivity index (χ0v) is 12.3. The van der Waals surface area contributed by atoms with E-state index < -0.39 is 0 Å². The molecule has 0 amide bonds. The first kappa shape index (κ1) is 13.9. The number of piperidine rings is 1. The molecular formula is C17H25NO2. The molecular weight excluding hydrogens is 250 g/mol. The van der Waals surface area contributed by atoms with Crippen LogP contribution in [0.15, 0.2) is 12.1 Å². The van der Waals surface area contributed by atoms with Gasteiger partial charge in [0.05, 0.1) is 12.7 Å². The summed E-state index contributed by atoms with van der Waals surface area (Å²) in [7, 11) is 0. The summed E-state index contributed by atoms with van der Waals surface area (Å²) < 4.78 is 5.87. The first-order valence-electron chi connectivity index (χ1n) is 7.90. The van der Waals surface area contributed by atoms with E-state index in [1.807, 2.05) is 0 Å². The van der Waals surface area contributed by atoms with Gasteiger partial charge in [-0.3, -0.25) is 0 Å². The van der Waals surface area contributed by atoms with Crippen LogP contribution in [0, 0.1) is 12.8 Å². The van der Waals surface area contributed by atoms with Crippen molar-refractivity contribution in [1.29, 1.82) is 0 Å². The Balaban J connectivity index is 1.86. The molecule has 110 valence electrons. The molecule has 0 bridgehead atoms. The van der Waals surface area contributed by atoms with Crippen molar-refractivity contribution in [3.05, 3.63) is 28.8 Å². The number of fused-ring (bicyclic) bond motifs is 1. The molecule has 2 heterocycles. The maximum Gasteiger partial charge on any atom is 0.125 e. The van der Waals surface area contributed by atoms with Crippen LogP contribution in [-0.4, -0.2) is 24.8 Å². The molecule has 20 heavy (non-hydrogen) atoms. The van der Waals surface area contributed by atoms with Gasteiger partial charge in [-0.2, -0.15) is 0 Å². The predicted octanol–water partition coefficient (Wildman–Crippen LogP) is 2.74. The second kappa shape index (κ2) is 6.15. The number of hydrogen-bond acceptors (Lipinski definition) is 3. The Hall–Kier alpha value is -1.06. The maximum atomic E-state index is 10.7. The largest absolute Gasteiger partial charge is 0.493 e. The van der Waals surface area contributed by atoms with Gasteiger partial charge in [-0.05, 0) is 86.9 Å². The molecule has 3 heteroatoms. The molecule has 1 atom stereocenters. The van der Waals surface area contributed by atoms with E-state index >= 15 is 0 Å². The lowest BCUT2D eigenvalue weighted by atomic mass is 9.86. The molecule has 0 radical (unpaired) electrons. The van der Waals surface area contributed by atoms with Crippen LogP contribution in [-0.2, 0) is 6.42 Å². The van der Waals surface area contributed by atoms with Crippen molar-refractivity contribution in [2.24, 2.45) is 5.92 Å². The van der Waals surface area contributed by atoms with Gasteiger partial charge in [-0.1, -0.05) is 0 Å². The van der Waals surface area contributed by atoms with Gasteiger partial charge in [-0.15, -0.1) is 0 Å². The third kappa shape index (κ3) is 2.84. The zero-order valence-electron chi connectivity index (χ0n) is 12.3. The minimum atomic E-state index is -0.329. The highest BCUT2D eigenvalue weighted by molar-refractivity contribution is 5.45. The van der Waals surface area contributed by atoms with Crippen LogP contribution in [0.3, 0.4) is 0 Å². The SMILES string of the molecule is Cc1cc(C(O)C2CCNCC2)cc2c1OCCCC2. The molecule has 0 saturated carbocycles. The summed E-state index contributed by atoms with van der Waals surface area (Å²) in [6, 6.07) is 4.30. The highest BCUT2D eigenvalue weighted by atomic mass is 16.5. The van der Waals surface area contributed by atoms with Gasteiger partial charge in [0.15, 0.2) is 0 Å². The van der Waals surface area contributed by atoms with E-state index in [0.29, 0.717) is 5.92 Å². The average Bonchev–Trinajstić information content (AvgIpc) is 2.73. The number of ether oxygens (including phenoxy) is 1. The van der Waals surface area contributed by atoms with E-state index in [2.05, 4.69) is 24.4 Å². The van der Waals surface area contributed by atoms with Crippen LogP contribution in [0.2, 0.25) is 0 Å². The van der Waals surface area contributed by atoms with E-state index in [-0.39, 0.29) is 6.10 Å². The molecule has 3 nitrogen and oxygen atoms in total. The zero-order chi connectivity index (χ0) is 13.9. The van der Waals surface area contributed by atoms with Gasteiger partial charge in [0.2, 0.25) is 0 Å². The molecule has 1 aromatic rings. The minimum Gasteiger partial charge on any atom is -0.493 e. The second-order valence-electron chi connectivity index (χ2n) is 6.16. The number of nitrogens with one attached hydrogen (secondary N) is 1. The van der Waals surface area contributed by atoms with Crippen molar-refractivity contribution >= 4 is 0 Å². The van der Waals surface area contributed by atoms with Crippen LogP contribution >= 0.6 is 0 Å². The number of hydrogen-bond donors (Lipinski definition) is 2. The first-order chi connectivity index (χ1) is 9.75. The van der Waals surface area contributed by atoms with E-state index in [9.17, 15) is 5.11 Å². The summed E-state index contributed by atoms with van der Waals surface area (Å²) >= 11 is 0. The van der Waals surface area contributed by atoms with Crippen LogP contribution in [0.25, 0.3) is 0 Å². The standard InChI is InChI=1S/C17H25NO2/c1-12-10-15(16(19)13-5-7-18-8-6-13)11-14-4-2-3-9-20-17(12)14/h10-11,13,16,18-19H,2-9H2,1H3. The number of rotatable bonds is 2. The number of aryl methyl sites for hydroxylation is 2. The normalized spacial score (nSPS) is 21.7. The minimum absolute atomic E-state index is 0.329. The Bertz CT molecular complexity index is 466. The third-order valence-corrected chi connectivity index (χ3v) is 4.63. The fourth-order valence-corrected chi connectivity index (χ4v) is 3.46. The fourth-order valence-electron chi connectivity index (χ4n) is 3.46. The van der Waals surface area contributed by atoms with Gasteiger partial charge in [0, 0.05) is 0 Å². The average molecular weight is 275 g/mol. The van der Waals surface area contributed by atoms with Crippen molar-refractivity contribution < 1.29 is 9.84 Å². The monoisotopic (exact) mass is 275 g/mol. The Labute approximate surface area is 121 Å². The smallest absolute Gasteiger partial charge is 0.125 e. The van der Waals surface area contributed by atoms with Gasteiger partial charge in [0.25, 0.3) is 0 Å². The van der Waals surface area contributed by atoms with Gasteiger partial charge >= 0.3 is 0 Å². The van der Waals surface area contributed by atoms with Gasteiger partial charge < -0.3 is 15.2 Å². The topological polar surface area (TPSA) is 41.5 Å². The van der Waals surface area contributed by atoms with E-state index in [0.717, 1.165) is 56.7 Å². The van der Waals surface area contributed by atoms with Crippen LogP contribution < -0.4 is 10.1 Å². The van der Waals surface area contributed by atoms with Crippen molar-refractivity contribution in [3.63, 3.8) is 0 Å². The van der Waals surface area contributed by atoms with Gasteiger partial charge in [0.1, 0.15) is 5.75 Å². The highest BCUT2D eigenvalue weighted by Gasteiger charge is 2.24. The predicted molar refractivity (Wildman–Crippen MR) is 80.2 cm³/mol. The summed E-state index contributed by atoms with van der Waals surface area (Å²) in [5.74, 6) is 1.45. The summed E-state index contributed by atoms with van der Waals surface area (Å²) in [5.41, 5.74) is 3.54. The van der Waals surface area contributed by atoms with Crippen molar-refractivity contribution in [2.75, 3.05) is 19.7 Å². The number of aliphatic hydroxyl groups excluding tert-OH is 1. The second-order valence-corrected chi connectivity index (χ2v) is 6.16. The summed E-state index contributed by atoms with van der Waals surface area (Å²) in [4.78, 5) is 0. The van der Waals surface area contributed by atoms with E-state index in [4.69, 9.17) is 4.74 Å². The Kier molecular flexibility index (Phi) is 4.27. The molecule has 0 spiro atoms. The fraction of sp³-hybridized carbons (Fsp3) is 0.647. The lowest BCUT2D eigenvalue weighted by molar-refractivity contribution is 0.0887. The van der Waals surface area contributed by atoms with Crippen LogP contribution in [0.5, 0.6) is 5.75 Å². The Morgan fingerprint density at radius 2 is 2.05 bits per heavy atom. The molecule has 1 fully saturated rings. The highest BCUT2D eigenvalue weighted by Crippen LogP contribution is 2.35. The van der Waals surface area contributed by atoms with Crippen molar-refractivity contribution in [2.45, 2.75) is 45.1 Å². The Morgan fingerprint density at radius 3 is 2.85 bits per heavy atom. The lowest BCUT2D eigenvalue weighted by Crippen LogP contribution is -2.30. The summed E-state index contributed by atoms with van der Waals surface area (Å²) in [6.07, 6.45) is 5.17. The molecule has 0 aromatic heterocycles. The third-order valence-electron chi connectivity index (χ3n) is 4.63. The maximum absolute atomic E-state index is 10.7. The molecule has 1 unspecified atom stereocenters. The molecule has 2 aliphatic heterocycles. The molecule has 3 rings (SSSR count). The van der Waals surface area contributed by atoms with Crippen molar-refractivity contribution in [3.8, 4) is 5.75 Å². The first-order valence-corrected chi connectivity index (χ1v) is 7.90. The molecule has 2 N–H and O–H groups in total. The molecule has 1 aromatic carbocycles. The Morgan fingerprint density at radius 1 is 1.25 bits per heavy atom. The van der Waals surface area contributed by atoms with Gasteiger partial charge in [-0.25, -0.2) is 0 Å². The summed E-state index contributed by atoms with van der Waals surface area (Å²) in [6.45, 7) is 4.97. The number of benzene rings is 1. The van der Waals surface area contributed by atoms with E-state index in [1.165, 1.54) is 17.5 Å². The summed E-state index contributed by atoms with van der Waals surface area (Å²) in [5, 5.41) is 14.0. The van der Waals surface area contributed by atoms with Crippen molar-refractivity contribution in [1.82, 2.24) is 5.32 Å². The molecule has 1 saturated heterocycles. The molecule has 0 aliphatic carbocycles. The van der Waals surface area contributed by atoms with Crippen LogP contribution in [0.1, 0.15) is 48.5 Å². The molecule has 2 aliphatic rings.